The van der Waals surface area contributed by atoms with Crippen LogP contribution in [0.3, 0.4) is 0 Å². The van der Waals surface area contributed by atoms with Crippen molar-refractivity contribution in [1.29, 1.82) is 0 Å². The van der Waals surface area contributed by atoms with Gasteiger partial charge >= 0.3 is 5.97 Å². The van der Waals surface area contributed by atoms with Gasteiger partial charge in [-0.05, 0) is 23.6 Å². The maximum Gasteiger partial charge on any atom is 0.337 e. The lowest BCUT2D eigenvalue weighted by molar-refractivity contribution is 0.0696. The van der Waals surface area contributed by atoms with Crippen LogP contribution in [0.15, 0.2) is 35.8 Å². The minimum absolute atomic E-state index is 0.195. The Morgan fingerprint density at radius 3 is 2.94 bits per heavy atom. The normalized spacial score (nSPS) is 10.8. The van der Waals surface area contributed by atoms with Crippen molar-refractivity contribution in [2.24, 2.45) is 0 Å². The number of hydrogen-bond donors (Lipinski definition) is 1. The number of nitrogens with zero attached hydrogens (tertiary/aromatic N) is 3. The molecule has 5 nitrogen and oxygen atoms in total. The molecule has 84 valence electrons. The largest absolute Gasteiger partial charge is 0.478 e. The molecule has 6 heteroatoms. The molecule has 0 unspecified atom stereocenters. The quantitative estimate of drug-likeness (QED) is 0.751. The summed E-state index contributed by atoms with van der Waals surface area (Å²) in [6.45, 7) is 0. The van der Waals surface area contributed by atoms with Gasteiger partial charge in [0.05, 0.1) is 10.4 Å². The van der Waals surface area contributed by atoms with Gasteiger partial charge in [-0.15, -0.1) is 16.4 Å². The zero-order valence-electron chi connectivity index (χ0n) is 8.57. The lowest BCUT2D eigenvalue weighted by Gasteiger charge is -1.93. The average Bonchev–Trinajstić information content (AvgIpc) is 2.96. The van der Waals surface area contributed by atoms with Crippen molar-refractivity contribution in [2.75, 3.05) is 0 Å². The van der Waals surface area contributed by atoms with E-state index in [2.05, 4.69) is 10.1 Å². The first-order valence-electron chi connectivity index (χ1n) is 4.87. The summed E-state index contributed by atoms with van der Waals surface area (Å²) in [6, 6.07) is 7.02. The lowest BCUT2D eigenvalue weighted by atomic mass is 10.3. The Kier molecular flexibility index (Phi) is 2.15. The van der Waals surface area contributed by atoms with Crippen molar-refractivity contribution < 1.29 is 9.90 Å². The van der Waals surface area contributed by atoms with E-state index in [1.54, 1.807) is 17.4 Å². The highest BCUT2D eigenvalue weighted by Crippen LogP contribution is 2.21. The van der Waals surface area contributed by atoms with Crippen LogP contribution in [0.2, 0.25) is 0 Å². The number of carboxylic acids is 1. The third-order valence-corrected chi connectivity index (χ3v) is 3.19. The Balaban J connectivity index is 2.16. The summed E-state index contributed by atoms with van der Waals surface area (Å²) < 4.78 is 1.48. The van der Waals surface area contributed by atoms with Gasteiger partial charge in [-0.3, -0.25) is 0 Å². The summed E-state index contributed by atoms with van der Waals surface area (Å²) >= 11 is 1.55. The molecular formula is C11H7N3O2S. The molecule has 0 bridgehead atoms. The molecule has 0 saturated carbocycles. The van der Waals surface area contributed by atoms with Crippen molar-refractivity contribution in [3.05, 3.63) is 41.4 Å². The van der Waals surface area contributed by atoms with Gasteiger partial charge in [0, 0.05) is 6.20 Å². The highest BCUT2D eigenvalue weighted by atomic mass is 32.1. The minimum atomic E-state index is -0.972. The van der Waals surface area contributed by atoms with Crippen LogP contribution in [0.4, 0.5) is 0 Å². The van der Waals surface area contributed by atoms with Crippen molar-refractivity contribution in [1.82, 2.24) is 14.6 Å². The van der Waals surface area contributed by atoms with E-state index < -0.39 is 5.97 Å². The number of carbonyl (C=O) groups is 1. The van der Waals surface area contributed by atoms with Crippen LogP contribution in [-0.4, -0.2) is 25.7 Å². The van der Waals surface area contributed by atoms with E-state index in [9.17, 15) is 4.79 Å². The molecule has 0 fully saturated rings. The summed E-state index contributed by atoms with van der Waals surface area (Å²) in [5, 5.41) is 15.1. The van der Waals surface area contributed by atoms with E-state index in [1.165, 1.54) is 16.8 Å². The smallest absolute Gasteiger partial charge is 0.337 e. The Hall–Kier alpha value is -2.21. The summed E-state index contributed by atoms with van der Waals surface area (Å²) in [7, 11) is 0. The van der Waals surface area contributed by atoms with Gasteiger partial charge in [-0.1, -0.05) is 6.07 Å². The molecule has 0 saturated heterocycles. The average molecular weight is 245 g/mol. The van der Waals surface area contributed by atoms with Crippen LogP contribution in [0.5, 0.6) is 0 Å². The Labute approximate surface area is 100.0 Å². The number of hydrogen-bond acceptors (Lipinski definition) is 4. The fraction of sp³-hybridized carbons (Fsp3) is 0. The summed E-state index contributed by atoms with van der Waals surface area (Å²) in [4.78, 5) is 16.1. The van der Waals surface area contributed by atoms with E-state index in [4.69, 9.17) is 5.11 Å². The van der Waals surface area contributed by atoms with Crippen LogP contribution in [-0.2, 0) is 0 Å². The monoisotopic (exact) mass is 245 g/mol. The zero-order chi connectivity index (χ0) is 11.8. The number of pyridine rings is 1. The van der Waals surface area contributed by atoms with Gasteiger partial charge in [0.25, 0.3) is 0 Å². The van der Waals surface area contributed by atoms with E-state index in [-0.39, 0.29) is 5.56 Å². The second-order valence-electron chi connectivity index (χ2n) is 3.44. The highest BCUT2D eigenvalue weighted by molar-refractivity contribution is 7.13. The van der Waals surface area contributed by atoms with Crippen LogP contribution in [0.1, 0.15) is 10.4 Å². The molecular weight excluding hydrogens is 238 g/mol. The van der Waals surface area contributed by atoms with Crippen LogP contribution in [0.25, 0.3) is 16.3 Å². The maximum atomic E-state index is 10.8. The van der Waals surface area contributed by atoms with Crippen LogP contribution in [0, 0.1) is 0 Å². The minimum Gasteiger partial charge on any atom is -0.478 e. The highest BCUT2D eigenvalue weighted by Gasteiger charge is 2.09. The number of fused-ring (bicyclic) bond motifs is 1. The SMILES string of the molecule is O=C(O)c1ccc2nc(-c3cccs3)nn2c1. The number of carboxylic acid groups (broad SMARTS) is 1. The van der Waals surface area contributed by atoms with Crippen molar-refractivity contribution in [3.8, 4) is 10.7 Å². The first kappa shape index (κ1) is 9.98. The van der Waals surface area contributed by atoms with Crippen molar-refractivity contribution in [3.63, 3.8) is 0 Å². The van der Waals surface area contributed by atoms with Crippen LogP contribution >= 0.6 is 11.3 Å². The molecule has 1 N–H and O–H groups in total. The molecule has 0 radical (unpaired) electrons. The molecule has 3 heterocycles. The number of aromatic carboxylic acids is 1. The number of thiophene rings is 1. The predicted molar refractivity (Wildman–Crippen MR) is 63.3 cm³/mol. The molecule has 3 aromatic rings. The van der Waals surface area contributed by atoms with Gasteiger partial charge < -0.3 is 5.11 Å². The van der Waals surface area contributed by atoms with E-state index in [0.717, 1.165) is 4.88 Å². The maximum absolute atomic E-state index is 10.8. The first-order valence-corrected chi connectivity index (χ1v) is 5.75. The fourth-order valence-corrected chi connectivity index (χ4v) is 2.17. The molecule has 0 aliphatic rings. The van der Waals surface area contributed by atoms with Crippen molar-refractivity contribution >= 4 is 23.0 Å². The molecule has 0 amide bonds. The van der Waals surface area contributed by atoms with Gasteiger partial charge in [0.1, 0.15) is 0 Å². The molecule has 3 aromatic heterocycles. The second-order valence-corrected chi connectivity index (χ2v) is 4.39. The molecule has 0 aromatic carbocycles. The van der Waals surface area contributed by atoms with Gasteiger partial charge in [-0.25, -0.2) is 14.3 Å². The number of rotatable bonds is 2. The van der Waals surface area contributed by atoms with Gasteiger partial charge in [0.15, 0.2) is 11.5 Å². The Bertz CT molecular complexity index is 688. The molecule has 3 rings (SSSR count). The predicted octanol–water partition coefficient (Wildman–Crippen LogP) is 2.16. The molecule has 0 atom stereocenters. The third kappa shape index (κ3) is 1.68. The third-order valence-electron chi connectivity index (χ3n) is 2.32. The number of aromatic nitrogens is 3. The molecule has 17 heavy (non-hydrogen) atoms. The summed E-state index contributed by atoms with van der Waals surface area (Å²) in [6.07, 6.45) is 1.46. The first-order chi connectivity index (χ1) is 8.24. The van der Waals surface area contributed by atoms with Gasteiger partial charge in [-0.2, -0.15) is 0 Å². The summed E-state index contributed by atoms with van der Waals surface area (Å²) in [5.74, 6) is -0.359. The Morgan fingerprint density at radius 1 is 1.35 bits per heavy atom. The summed E-state index contributed by atoms with van der Waals surface area (Å²) in [5.41, 5.74) is 0.832. The van der Waals surface area contributed by atoms with Gasteiger partial charge in [0.2, 0.25) is 0 Å². The topological polar surface area (TPSA) is 67.5 Å². The Morgan fingerprint density at radius 2 is 2.24 bits per heavy atom. The fourth-order valence-electron chi connectivity index (χ4n) is 1.52. The second kappa shape index (κ2) is 3.67. The van der Waals surface area contributed by atoms with Crippen molar-refractivity contribution in [2.45, 2.75) is 0 Å². The molecule has 0 aliphatic heterocycles. The molecule has 0 aliphatic carbocycles. The molecule has 0 spiro atoms. The standard InChI is InChI=1S/C11H7N3O2S/c15-11(16)7-3-4-9-12-10(13-14(9)6-7)8-2-1-5-17-8/h1-6H,(H,15,16). The lowest BCUT2D eigenvalue weighted by Crippen LogP contribution is -1.99. The van der Waals surface area contributed by atoms with E-state index in [0.29, 0.717) is 11.5 Å². The van der Waals surface area contributed by atoms with E-state index in [1.807, 2.05) is 17.5 Å². The zero-order valence-corrected chi connectivity index (χ0v) is 9.39. The van der Waals surface area contributed by atoms with Crippen LogP contribution < -0.4 is 0 Å². The van der Waals surface area contributed by atoms with E-state index >= 15 is 0 Å².